The topological polar surface area (TPSA) is 76.5 Å². The maximum atomic E-state index is 12.8. The molecule has 3 fully saturated rings. The van der Waals surface area contributed by atoms with Crippen LogP contribution in [0, 0.1) is 17.8 Å². The van der Waals surface area contributed by atoms with E-state index in [9.17, 15) is 9.59 Å². The lowest BCUT2D eigenvalue weighted by Gasteiger charge is -2.29. The number of nitrogens with one attached hydrogen (secondary N) is 1. The molecule has 1 aromatic rings. The summed E-state index contributed by atoms with van der Waals surface area (Å²) in [5.41, 5.74) is -0.193. The fourth-order valence-electron chi connectivity index (χ4n) is 5.04. The van der Waals surface area contributed by atoms with Crippen molar-refractivity contribution in [2.45, 2.75) is 50.0 Å². The molecule has 7 nitrogen and oxygen atoms in total. The van der Waals surface area contributed by atoms with Crippen LogP contribution in [0.25, 0.3) is 0 Å². The lowest BCUT2D eigenvalue weighted by Crippen LogP contribution is -2.42. The Balaban J connectivity index is 1.34. The van der Waals surface area contributed by atoms with E-state index in [0.29, 0.717) is 43.0 Å². The number of amides is 2. The van der Waals surface area contributed by atoms with Crippen molar-refractivity contribution in [3.8, 4) is 0 Å². The van der Waals surface area contributed by atoms with Crippen LogP contribution in [0.4, 0.5) is 0 Å². The van der Waals surface area contributed by atoms with Gasteiger partial charge in [-0.1, -0.05) is 25.6 Å². The van der Waals surface area contributed by atoms with E-state index in [2.05, 4.69) is 24.1 Å². The third-order valence-corrected chi connectivity index (χ3v) is 7.41. The largest absolute Gasteiger partial charge is 0.369 e. The van der Waals surface area contributed by atoms with Crippen LogP contribution in [0.15, 0.2) is 17.6 Å². The first-order valence-corrected chi connectivity index (χ1v) is 11.2. The molecule has 2 amide bonds. The second kappa shape index (κ2) is 7.71. The van der Waals surface area contributed by atoms with Crippen molar-refractivity contribution in [1.29, 1.82) is 0 Å². The first kappa shape index (κ1) is 19.8. The molecule has 28 heavy (non-hydrogen) atoms. The Bertz CT molecular complexity index is 752. The molecule has 154 valence electrons. The average Bonchev–Trinajstić information content (AvgIpc) is 3.37. The van der Waals surface area contributed by atoms with Crippen LogP contribution in [0.3, 0.4) is 0 Å². The zero-order chi connectivity index (χ0) is 19.9. The quantitative estimate of drug-likeness (QED) is 0.697. The Morgan fingerprint density at radius 3 is 3.00 bits per heavy atom. The van der Waals surface area contributed by atoms with Gasteiger partial charge in [-0.05, 0) is 18.8 Å². The fourth-order valence-corrected chi connectivity index (χ4v) is 5.87. The van der Waals surface area contributed by atoms with Crippen molar-refractivity contribution < 1.29 is 14.3 Å². The zero-order valence-electron chi connectivity index (χ0n) is 16.9. The number of imidazole rings is 1. The number of hydrogen-bond donors (Lipinski definition) is 1. The average molecular weight is 407 g/mol. The molecule has 0 aliphatic carbocycles. The molecular weight excluding hydrogens is 376 g/mol. The molecule has 0 radical (unpaired) electrons. The number of ether oxygens (including phenoxy) is 1. The third-order valence-electron chi connectivity index (χ3n) is 6.37. The summed E-state index contributed by atoms with van der Waals surface area (Å²) in [5.74, 6) is 1.65. The molecule has 0 saturated carbocycles. The van der Waals surface area contributed by atoms with E-state index in [1.165, 1.54) is 11.8 Å². The Hall–Kier alpha value is -1.54. The maximum absolute atomic E-state index is 12.8. The van der Waals surface area contributed by atoms with Crippen LogP contribution >= 0.6 is 11.8 Å². The highest BCUT2D eigenvalue weighted by Gasteiger charge is 2.63. The van der Waals surface area contributed by atoms with Gasteiger partial charge in [-0.25, -0.2) is 4.98 Å². The van der Waals surface area contributed by atoms with Gasteiger partial charge in [0.2, 0.25) is 11.8 Å². The van der Waals surface area contributed by atoms with E-state index in [1.54, 1.807) is 6.20 Å². The minimum absolute atomic E-state index is 0.115. The van der Waals surface area contributed by atoms with E-state index in [1.807, 2.05) is 22.7 Å². The molecule has 1 aromatic heterocycles. The Morgan fingerprint density at radius 1 is 1.46 bits per heavy atom. The lowest BCUT2D eigenvalue weighted by atomic mass is 9.73. The van der Waals surface area contributed by atoms with E-state index < -0.39 is 0 Å². The second-order valence-electron chi connectivity index (χ2n) is 8.82. The van der Waals surface area contributed by atoms with E-state index in [-0.39, 0.29) is 23.5 Å². The predicted molar refractivity (Wildman–Crippen MR) is 107 cm³/mol. The number of aryl methyl sites for hydroxylation is 1. The zero-order valence-corrected chi connectivity index (χ0v) is 17.7. The summed E-state index contributed by atoms with van der Waals surface area (Å²) < 4.78 is 8.32. The monoisotopic (exact) mass is 406 g/mol. The molecule has 3 aliphatic heterocycles. The Labute approximate surface area is 170 Å². The van der Waals surface area contributed by atoms with Gasteiger partial charge in [0.25, 0.3) is 0 Å². The first-order valence-electron chi connectivity index (χ1n) is 10.2. The summed E-state index contributed by atoms with van der Waals surface area (Å²) in [6.45, 7) is 6.19. The number of thioether (sulfide) groups is 1. The molecule has 1 N–H and O–H groups in total. The molecular formula is C20H30N4O3S. The molecule has 2 bridgehead atoms. The summed E-state index contributed by atoms with van der Waals surface area (Å²) in [5, 5.41) is 3.96. The molecule has 0 aromatic carbocycles. The van der Waals surface area contributed by atoms with Gasteiger partial charge < -0.3 is 19.5 Å². The molecule has 0 unspecified atom stereocenters. The molecule has 4 rings (SSSR count). The van der Waals surface area contributed by atoms with Gasteiger partial charge in [-0.2, -0.15) is 0 Å². The number of fused-ring (bicyclic) bond motifs is 1. The Morgan fingerprint density at radius 2 is 2.29 bits per heavy atom. The van der Waals surface area contributed by atoms with Crippen LogP contribution < -0.4 is 5.32 Å². The van der Waals surface area contributed by atoms with Gasteiger partial charge in [0.15, 0.2) is 5.16 Å². The van der Waals surface area contributed by atoms with Crippen LogP contribution in [0.2, 0.25) is 0 Å². The van der Waals surface area contributed by atoms with Gasteiger partial charge >= 0.3 is 0 Å². The van der Waals surface area contributed by atoms with Crippen molar-refractivity contribution in [2.75, 3.05) is 25.4 Å². The number of nitrogens with zero attached hydrogens (tertiary/aromatic N) is 3. The van der Waals surface area contributed by atoms with Crippen LogP contribution in [0.5, 0.6) is 0 Å². The number of rotatable bonds is 7. The van der Waals surface area contributed by atoms with Gasteiger partial charge in [-0.15, -0.1) is 0 Å². The third kappa shape index (κ3) is 3.68. The SMILES string of the molecule is CC(C)CC(=O)NC[C@H]1[C@H]2CN(C(=O)CSc3nccn3C)C[C@]23CC[C@H]1O3. The van der Waals surface area contributed by atoms with Crippen molar-refractivity contribution in [3.05, 3.63) is 12.4 Å². The highest BCUT2D eigenvalue weighted by molar-refractivity contribution is 7.99. The van der Waals surface area contributed by atoms with Crippen LogP contribution in [-0.2, 0) is 21.4 Å². The van der Waals surface area contributed by atoms with E-state index >= 15 is 0 Å². The molecule has 4 atom stereocenters. The first-order chi connectivity index (χ1) is 13.4. The van der Waals surface area contributed by atoms with E-state index in [0.717, 1.165) is 24.5 Å². The van der Waals surface area contributed by atoms with Crippen LogP contribution in [0.1, 0.15) is 33.1 Å². The maximum Gasteiger partial charge on any atom is 0.233 e. The molecule has 4 heterocycles. The van der Waals surface area contributed by atoms with Gasteiger partial charge in [0, 0.05) is 50.8 Å². The smallest absolute Gasteiger partial charge is 0.233 e. The molecule has 8 heteroatoms. The predicted octanol–water partition coefficient (Wildman–Crippen LogP) is 1.68. The normalized spacial score (nSPS) is 30.9. The lowest BCUT2D eigenvalue weighted by molar-refractivity contribution is -0.129. The summed E-state index contributed by atoms with van der Waals surface area (Å²) in [4.78, 5) is 31.1. The molecule has 3 saturated heterocycles. The highest BCUT2D eigenvalue weighted by atomic mass is 32.2. The minimum atomic E-state index is -0.193. The van der Waals surface area contributed by atoms with E-state index in [4.69, 9.17) is 4.74 Å². The number of carbonyl (C=O) groups excluding carboxylic acids is 2. The van der Waals surface area contributed by atoms with Gasteiger partial charge in [0.1, 0.15) is 0 Å². The van der Waals surface area contributed by atoms with Crippen molar-refractivity contribution >= 4 is 23.6 Å². The van der Waals surface area contributed by atoms with Gasteiger partial charge in [0.05, 0.1) is 24.0 Å². The summed E-state index contributed by atoms with van der Waals surface area (Å²) in [6, 6.07) is 0. The number of aromatic nitrogens is 2. The minimum Gasteiger partial charge on any atom is -0.369 e. The molecule has 3 aliphatic rings. The standard InChI is InChI=1S/C20H30N4O3S/c1-13(2)8-17(25)22-9-14-15-10-24(12-20(15)5-4-16(14)27-20)18(26)11-28-19-21-6-7-23(19)3/h6-7,13-16H,4-5,8-12H2,1-3H3,(H,22,25)/t14-,15+,16+,20+/m0/s1. The molecule has 1 spiro atoms. The second-order valence-corrected chi connectivity index (χ2v) is 9.76. The number of hydrogen-bond acceptors (Lipinski definition) is 5. The van der Waals surface area contributed by atoms with Gasteiger partial charge in [-0.3, -0.25) is 9.59 Å². The summed E-state index contributed by atoms with van der Waals surface area (Å²) in [6.07, 6.45) is 6.47. The van der Waals surface area contributed by atoms with Crippen molar-refractivity contribution in [3.63, 3.8) is 0 Å². The summed E-state index contributed by atoms with van der Waals surface area (Å²) >= 11 is 1.48. The number of carbonyl (C=O) groups is 2. The highest BCUT2D eigenvalue weighted by Crippen LogP contribution is 2.54. The fraction of sp³-hybridized carbons (Fsp3) is 0.750. The van der Waals surface area contributed by atoms with Crippen molar-refractivity contribution in [1.82, 2.24) is 19.8 Å². The number of likely N-dealkylation sites (tertiary alicyclic amines) is 1. The summed E-state index contributed by atoms with van der Waals surface area (Å²) in [7, 11) is 1.93. The van der Waals surface area contributed by atoms with Crippen LogP contribution in [-0.4, -0.2) is 63.4 Å². The Kier molecular flexibility index (Phi) is 5.44. The van der Waals surface area contributed by atoms with Crippen molar-refractivity contribution in [2.24, 2.45) is 24.8 Å².